The molecule has 176 valence electrons. The molecule has 3 aromatic rings. The monoisotopic (exact) mass is 528 g/mol. The number of halogens is 3. The molecule has 33 heavy (non-hydrogen) atoms. The van der Waals surface area contributed by atoms with E-state index in [1.54, 1.807) is 37.4 Å². The van der Waals surface area contributed by atoms with E-state index < -0.39 is 10.0 Å². The first-order chi connectivity index (χ1) is 15.7. The van der Waals surface area contributed by atoms with E-state index in [9.17, 15) is 8.42 Å². The molecule has 0 heterocycles. The van der Waals surface area contributed by atoms with Crippen molar-refractivity contribution in [1.82, 2.24) is 5.32 Å². The van der Waals surface area contributed by atoms with E-state index in [-0.39, 0.29) is 11.5 Å². The van der Waals surface area contributed by atoms with Gasteiger partial charge in [0.25, 0.3) is 0 Å². The first-order valence-electron chi connectivity index (χ1n) is 9.93. The van der Waals surface area contributed by atoms with Gasteiger partial charge in [-0.2, -0.15) is 0 Å². The molecule has 3 aromatic carbocycles. The molecule has 0 saturated carbocycles. The van der Waals surface area contributed by atoms with Gasteiger partial charge >= 0.3 is 0 Å². The largest absolute Gasteiger partial charge is 0.493 e. The summed E-state index contributed by atoms with van der Waals surface area (Å²) in [4.78, 5) is 0.0973. The van der Waals surface area contributed by atoms with Crippen LogP contribution in [0.1, 0.15) is 16.7 Å². The first-order valence-corrected chi connectivity index (χ1v) is 12.6. The first kappa shape index (κ1) is 25.6. The fourth-order valence-electron chi connectivity index (χ4n) is 3.14. The van der Waals surface area contributed by atoms with Gasteiger partial charge in [-0.1, -0.05) is 53.0 Å². The van der Waals surface area contributed by atoms with Crippen LogP contribution in [0.5, 0.6) is 11.5 Å². The van der Waals surface area contributed by atoms with Crippen LogP contribution in [0.25, 0.3) is 0 Å². The average molecular weight is 530 g/mol. The Balaban J connectivity index is 1.59. The third-order valence-electron chi connectivity index (χ3n) is 4.88. The van der Waals surface area contributed by atoms with Crippen LogP contribution in [-0.2, 0) is 29.6 Å². The topological polar surface area (TPSA) is 90.6 Å². The van der Waals surface area contributed by atoms with Crippen molar-refractivity contribution in [2.45, 2.75) is 24.5 Å². The Labute approximate surface area is 208 Å². The summed E-state index contributed by atoms with van der Waals surface area (Å²) in [6.07, 6.45) is 0.718. The van der Waals surface area contributed by atoms with Crippen molar-refractivity contribution in [2.75, 3.05) is 13.7 Å². The van der Waals surface area contributed by atoms with E-state index in [2.05, 4.69) is 5.32 Å². The highest BCUT2D eigenvalue weighted by Crippen LogP contribution is 2.38. The minimum Gasteiger partial charge on any atom is -0.493 e. The van der Waals surface area contributed by atoms with Gasteiger partial charge in [0.2, 0.25) is 10.0 Å². The Morgan fingerprint density at radius 3 is 2.21 bits per heavy atom. The predicted molar refractivity (Wildman–Crippen MR) is 132 cm³/mol. The molecule has 6 nitrogen and oxygen atoms in total. The molecule has 3 N–H and O–H groups in total. The Morgan fingerprint density at radius 2 is 1.61 bits per heavy atom. The number of nitrogens with two attached hydrogens (primary N) is 1. The summed E-state index contributed by atoms with van der Waals surface area (Å²) in [5.74, 6) is 0.912. The van der Waals surface area contributed by atoms with Crippen molar-refractivity contribution < 1.29 is 17.9 Å². The molecule has 0 atom stereocenters. The number of hydrogen-bond acceptors (Lipinski definition) is 5. The normalized spacial score (nSPS) is 11.4. The average Bonchev–Trinajstić information content (AvgIpc) is 2.77. The molecule has 0 unspecified atom stereocenters. The molecule has 0 aliphatic heterocycles. The van der Waals surface area contributed by atoms with Gasteiger partial charge in [-0.05, 0) is 60.5 Å². The molecule has 0 aliphatic carbocycles. The molecule has 0 saturated heterocycles. The SMILES string of the molecule is COc1cc(CNCCc2ccc(S(N)(=O)=O)cc2)cc(Cl)c1OCc1c(Cl)cccc1Cl. The van der Waals surface area contributed by atoms with Crippen molar-refractivity contribution in [2.24, 2.45) is 5.14 Å². The summed E-state index contributed by atoms with van der Waals surface area (Å²) in [7, 11) is -2.14. The summed E-state index contributed by atoms with van der Waals surface area (Å²) in [6, 6.07) is 15.4. The molecule has 0 fully saturated rings. The molecular weight excluding hydrogens is 507 g/mol. The van der Waals surface area contributed by atoms with Crippen molar-refractivity contribution in [3.63, 3.8) is 0 Å². The van der Waals surface area contributed by atoms with Crippen molar-refractivity contribution in [1.29, 1.82) is 0 Å². The standard InChI is InChI=1S/C23H23Cl3N2O4S/c1-31-22-12-16(13-28-10-9-15-5-7-17(8-6-15)33(27,29)30)11-21(26)23(22)32-14-18-19(24)3-2-4-20(18)25/h2-8,11-12,28H,9-10,13-14H2,1H3,(H2,27,29,30). The van der Waals surface area contributed by atoms with Gasteiger partial charge in [0, 0.05) is 22.2 Å². The van der Waals surface area contributed by atoms with E-state index >= 15 is 0 Å². The fraction of sp³-hybridized carbons (Fsp3) is 0.217. The second-order valence-corrected chi connectivity index (χ2v) is 10.00. The smallest absolute Gasteiger partial charge is 0.238 e. The molecule has 10 heteroatoms. The quantitative estimate of drug-likeness (QED) is 0.352. The van der Waals surface area contributed by atoms with Crippen LogP contribution in [0.15, 0.2) is 59.5 Å². The van der Waals surface area contributed by atoms with E-state index in [0.29, 0.717) is 45.2 Å². The minimum atomic E-state index is -3.68. The Bertz CT molecular complexity index is 1200. The number of primary sulfonamides is 1. The fourth-order valence-corrected chi connectivity index (χ4v) is 4.45. The summed E-state index contributed by atoms with van der Waals surface area (Å²) in [5.41, 5.74) is 2.58. The highest BCUT2D eigenvalue weighted by molar-refractivity contribution is 7.89. The lowest BCUT2D eigenvalue weighted by Gasteiger charge is -2.15. The lowest BCUT2D eigenvalue weighted by Crippen LogP contribution is -2.17. The van der Waals surface area contributed by atoms with E-state index in [1.807, 2.05) is 12.1 Å². The molecule has 0 spiro atoms. The highest BCUT2D eigenvalue weighted by Gasteiger charge is 2.14. The van der Waals surface area contributed by atoms with Crippen LogP contribution < -0.4 is 19.9 Å². The van der Waals surface area contributed by atoms with Crippen molar-refractivity contribution in [3.8, 4) is 11.5 Å². The molecular formula is C23H23Cl3N2O4S. The van der Waals surface area contributed by atoms with E-state index in [4.69, 9.17) is 49.4 Å². The number of methoxy groups -OCH3 is 1. The lowest BCUT2D eigenvalue weighted by molar-refractivity contribution is 0.284. The minimum absolute atomic E-state index is 0.0973. The third-order valence-corrected chi connectivity index (χ3v) is 6.80. The number of nitrogens with one attached hydrogen (secondary N) is 1. The second kappa shape index (κ2) is 11.4. The van der Waals surface area contributed by atoms with Gasteiger partial charge < -0.3 is 14.8 Å². The number of sulfonamides is 1. The summed E-state index contributed by atoms with van der Waals surface area (Å²) >= 11 is 18.9. The molecule has 0 aliphatic rings. The van der Waals surface area contributed by atoms with E-state index in [1.165, 1.54) is 12.1 Å². The van der Waals surface area contributed by atoms with Gasteiger partial charge in [-0.15, -0.1) is 0 Å². The van der Waals surface area contributed by atoms with Crippen LogP contribution in [0.2, 0.25) is 15.1 Å². The summed E-state index contributed by atoms with van der Waals surface area (Å²) < 4.78 is 34.0. The van der Waals surface area contributed by atoms with Crippen LogP contribution in [0.4, 0.5) is 0 Å². The zero-order valence-electron chi connectivity index (χ0n) is 17.8. The van der Waals surface area contributed by atoms with Gasteiger partial charge in [0.1, 0.15) is 6.61 Å². The van der Waals surface area contributed by atoms with Crippen LogP contribution in [-0.4, -0.2) is 22.1 Å². The Hall–Kier alpha value is -2.00. The summed E-state index contributed by atoms with van der Waals surface area (Å²) in [5, 5.41) is 9.89. The Morgan fingerprint density at radius 1 is 0.939 bits per heavy atom. The van der Waals surface area contributed by atoms with Crippen LogP contribution >= 0.6 is 34.8 Å². The predicted octanol–water partition coefficient (Wildman–Crippen LogP) is 5.21. The summed E-state index contributed by atoms with van der Waals surface area (Å²) in [6.45, 7) is 1.39. The second-order valence-electron chi connectivity index (χ2n) is 7.21. The maximum atomic E-state index is 11.3. The van der Waals surface area contributed by atoms with Crippen LogP contribution in [0.3, 0.4) is 0 Å². The zero-order chi connectivity index (χ0) is 24.0. The highest BCUT2D eigenvalue weighted by atomic mass is 35.5. The molecule has 0 bridgehead atoms. The van der Waals surface area contributed by atoms with E-state index in [0.717, 1.165) is 17.5 Å². The van der Waals surface area contributed by atoms with Crippen LogP contribution in [0, 0.1) is 0 Å². The van der Waals surface area contributed by atoms with Gasteiger partial charge in [0.05, 0.1) is 17.0 Å². The maximum absolute atomic E-state index is 11.3. The third kappa shape index (κ3) is 6.99. The Kier molecular flexibility index (Phi) is 8.87. The van der Waals surface area contributed by atoms with Gasteiger partial charge in [-0.3, -0.25) is 0 Å². The molecule has 0 aromatic heterocycles. The maximum Gasteiger partial charge on any atom is 0.238 e. The van der Waals surface area contributed by atoms with Gasteiger partial charge in [-0.25, -0.2) is 13.6 Å². The van der Waals surface area contributed by atoms with Gasteiger partial charge in [0.15, 0.2) is 11.5 Å². The lowest BCUT2D eigenvalue weighted by atomic mass is 10.1. The number of rotatable bonds is 10. The zero-order valence-corrected chi connectivity index (χ0v) is 20.9. The van der Waals surface area contributed by atoms with Crippen molar-refractivity contribution >= 4 is 44.8 Å². The number of benzene rings is 3. The van der Waals surface area contributed by atoms with Crippen molar-refractivity contribution in [3.05, 3.63) is 86.4 Å². The molecule has 0 amide bonds. The number of ether oxygens (including phenoxy) is 2. The molecule has 0 radical (unpaired) electrons. The molecule has 3 rings (SSSR count). The number of hydrogen-bond donors (Lipinski definition) is 2.